The maximum absolute atomic E-state index is 12.2. The number of hydrazine groups is 1. The number of carbonyl (C=O) groups excluding carboxylic acids is 2. The number of nitrogens with one attached hydrogen (secondary N) is 2. The van der Waals surface area contributed by atoms with E-state index in [2.05, 4.69) is 10.9 Å². The summed E-state index contributed by atoms with van der Waals surface area (Å²) >= 11 is 0. The van der Waals surface area contributed by atoms with Crippen molar-refractivity contribution in [3.8, 4) is 23.3 Å². The van der Waals surface area contributed by atoms with Gasteiger partial charge in [-0.2, -0.15) is 5.26 Å². The fraction of sp³-hybridized carbons (Fsp3) is 0.0952. The van der Waals surface area contributed by atoms with Crippen molar-refractivity contribution in [1.82, 2.24) is 10.9 Å². The van der Waals surface area contributed by atoms with E-state index in [-0.39, 0.29) is 19.2 Å². The van der Waals surface area contributed by atoms with Crippen molar-refractivity contribution in [3.63, 3.8) is 0 Å². The fourth-order valence-corrected chi connectivity index (χ4v) is 2.70. The zero-order chi connectivity index (χ0) is 20.9. The lowest BCUT2D eigenvalue weighted by Gasteiger charge is -2.07. The number of para-hydroxylation sites is 1. The zero-order valence-electron chi connectivity index (χ0n) is 15.5. The summed E-state index contributed by atoms with van der Waals surface area (Å²) in [4.78, 5) is 24.4. The molecule has 2 N–H and O–H groups in total. The molecule has 0 spiro atoms. The van der Waals surface area contributed by atoms with E-state index < -0.39 is 11.8 Å². The van der Waals surface area contributed by atoms with Gasteiger partial charge in [-0.05, 0) is 42.5 Å². The molecular formula is C21H15N3O6. The number of nitriles is 1. The second kappa shape index (κ2) is 8.28. The molecule has 1 aliphatic rings. The summed E-state index contributed by atoms with van der Waals surface area (Å²) in [5.74, 6) is 0.653. The van der Waals surface area contributed by atoms with Gasteiger partial charge < -0.3 is 18.6 Å². The van der Waals surface area contributed by atoms with Crippen molar-refractivity contribution >= 4 is 11.8 Å². The Bertz CT molecular complexity index is 1150. The van der Waals surface area contributed by atoms with Gasteiger partial charge in [-0.1, -0.05) is 12.1 Å². The third-order valence-electron chi connectivity index (χ3n) is 4.19. The first kappa shape index (κ1) is 18.9. The SMILES string of the molecule is N#Cc1ccccc1OCc1ccc(C(=O)NNC(=O)c2ccc3c(c2)OCO3)o1. The van der Waals surface area contributed by atoms with Crippen LogP contribution in [0.4, 0.5) is 0 Å². The van der Waals surface area contributed by atoms with Crippen molar-refractivity contribution in [2.75, 3.05) is 6.79 Å². The van der Waals surface area contributed by atoms with Crippen molar-refractivity contribution in [2.45, 2.75) is 6.61 Å². The van der Waals surface area contributed by atoms with Gasteiger partial charge in [-0.15, -0.1) is 0 Å². The van der Waals surface area contributed by atoms with Gasteiger partial charge in [0, 0.05) is 5.56 Å². The van der Waals surface area contributed by atoms with Crippen molar-refractivity contribution in [1.29, 1.82) is 5.26 Å². The van der Waals surface area contributed by atoms with Crippen LogP contribution in [0.1, 0.15) is 32.2 Å². The highest BCUT2D eigenvalue weighted by atomic mass is 16.7. The number of rotatable bonds is 5. The molecule has 150 valence electrons. The van der Waals surface area contributed by atoms with E-state index in [1.54, 1.807) is 42.5 Å². The molecule has 2 heterocycles. The smallest absolute Gasteiger partial charge is 0.305 e. The maximum Gasteiger partial charge on any atom is 0.305 e. The van der Waals surface area contributed by atoms with Crippen LogP contribution in [0.5, 0.6) is 17.2 Å². The topological polar surface area (TPSA) is 123 Å². The minimum atomic E-state index is -0.632. The minimum absolute atomic E-state index is 0.00634. The van der Waals surface area contributed by atoms with Crippen molar-refractivity contribution < 1.29 is 28.2 Å². The Morgan fingerprint density at radius 2 is 1.80 bits per heavy atom. The van der Waals surface area contributed by atoms with E-state index >= 15 is 0 Å². The van der Waals surface area contributed by atoms with Crippen molar-refractivity contribution in [3.05, 3.63) is 77.2 Å². The molecule has 0 aliphatic carbocycles. The van der Waals surface area contributed by atoms with E-state index in [0.717, 1.165) is 0 Å². The number of nitrogens with zero attached hydrogens (tertiary/aromatic N) is 1. The van der Waals surface area contributed by atoms with Crippen molar-refractivity contribution in [2.24, 2.45) is 0 Å². The molecule has 30 heavy (non-hydrogen) atoms. The Balaban J connectivity index is 1.32. The van der Waals surface area contributed by atoms with Crippen LogP contribution in [0, 0.1) is 11.3 Å². The third kappa shape index (κ3) is 4.02. The van der Waals surface area contributed by atoms with E-state index in [0.29, 0.717) is 34.1 Å². The number of benzene rings is 2. The highest BCUT2D eigenvalue weighted by molar-refractivity contribution is 5.98. The molecular weight excluding hydrogens is 390 g/mol. The normalized spacial score (nSPS) is 11.4. The van der Waals surface area contributed by atoms with Crippen LogP contribution in [0.15, 0.2) is 59.0 Å². The Morgan fingerprint density at radius 1 is 1.00 bits per heavy atom. The first-order valence-electron chi connectivity index (χ1n) is 8.85. The average Bonchev–Trinajstić information content (AvgIpc) is 3.45. The van der Waals surface area contributed by atoms with Crippen LogP contribution in [0.3, 0.4) is 0 Å². The summed E-state index contributed by atoms with van der Waals surface area (Å²) in [6, 6.07) is 16.5. The van der Waals surface area contributed by atoms with Gasteiger partial charge in [-0.25, -0.2) is 0 Å². The highest BCUT2D eigenvalue weighted by Gasteiger charge is 2.17. The van der Waals surface area contributed by atoms with E-state index in [1.807, 2.05) is 6.07 Å². The van der Waals surface area contributed by atoms with E-state index in [9.17, 15) is 9.59 Å². The Labute approximate surface area is 170 Å². The largest absolute Gasteiger partial charge is 0.484 e. The monoisotopic (exact) mass is 405 g/mol. The van der Waals surface area contributed by atoms with E-state index in [1.165, 1.54) is 12.1 Å². The average molecular weight is 405 g/mol. The molecule has 0 fully saturated rings. The molecule has 9 nitrogen and oxygen atoms in total. The van der Waals surface area contributed by atoms with Crippen LogP contribution < -0.4 is 25.1 Å². The first-order chi connectivity index (χ1) is 14.6. The summed E-state index contributed by atoms with van der Waals surface area (Å²) in [5, 5.41) is 9.07. The Kier molecular flexibility index (Phi) is 5.21. The van der Waals surface area contributed by atoms with Crippen LogP contribution >= 0.6 is 0 Å². The quantitative estimate of drug-likeness (QED) is 0.625. The van der Waals surface area contributed by atoms with Gasteiger partial charge in [0.05, 0.1) is 5.56 Å². The number of hydrogen-bond acceptors (Lipinski definition) is 7. The molecule has 3 aromatic rings. The highest BCUT2D eigenvalue weighted by Crippen LogP contribution is 2.32. The Morgan fingerprint density at radius 3 is 2.67 bits per heavy atom. The molecule has 1 aliphatic heterocycles. The molecule has 2 amide bonds. The van der Waals surface area contributed by atoms with Gasteiger partial charge in [-0.3, -0.25) is 20.4 Å². The predicted octanol–water partition coefficient (Wildman–Crippen LogP) is 2.53. The van der Waals surface area contributed by atoms with Crippen LogP contribution in [0.25, 0.3) is 0 Å². The molecule has 1 aromatic heterocycles. The number of fused-ring (bicyclic) bond motifs is 1. The number of carbonyl (C=O) groups is 2. The summed E-state index contributed by atoms with van der Waals surface area (Å²) in [5.41, 5.74) is 5.28. The van der Waals surface area contributed by atoms with Gasteiger partial charge in [0.1, 0.15) is 24.2 Å². The molecule has 0 radical (unpaired) electrons. The second-order valence-electron chi connectivity index (χ2n) is 6.14. The van der Waals surface area contributed by atoms with Crippen LogP contribution in [-0.2, 0) is 6.61 Å². The molecule has 0 saturated carbocycles. The van der Waals surface area contributed by atoms with Gasteiger partial charge in [0.2, 0.25) is 6.79 Å². The first-order valence-corrected chi connectivity index (χ1v) is 8.85. The standard InChI is InChI=1S/C21H15N3O6/c22-10-14-3-1-2-4-16(14)27-11-15-6-8-18(30-15)21(26)24-23-20(25)13-5-7-17-19(9-13)29-12-28-17/h1-9H,11-12H2,(H,23,25)(H,24,26). The molecule has 0 atom stereocenters. The summed E-state index contributed by atoms with van der Waals surface area (Å²) in [7, 11) is 0. The summed E-state index contributed by atoms with van der Waals surface area (Å²) in [6.45, 7) is 0.138. The molecule has 0 unspecified atom stereocenters. The van der Waals surface area contributed by atoms with Crippen LogP contribution in [-0.4, -0.2) is 18.6 Å². The second-order valence-corrected chi connectivity index (χ2v) is 6.14. The zero-order valence-corrected chi connectivity index (χ0v) is 15.5. The molecule has 2 aromatic carbocycles. The molecule has 4 rings (SSSR count). The predicted molar refractivity (Wildman–Crippen MR) is 102 cm³/mol. The number of hydrogen-bond donors (Lipinski definition) is 2. The number of ether oxygens (including phenoxy) is 3. The van der Waals surface area contributed by atoms with Gasteiger partial charge in [0.15, 0.2) is 17.3 Å². The number of furan rings is 1. The molecule has 0 bridgehead atoms. The number of amides is 2. The van der Waals surface area contributed by atoms with Gasteiger partial charge in [0.25, 0.3) is 5.91 Å². The fourth-order valence-electron chi connectivity index (χ4n) is 2.70. The van der Waals surface area contributed by atoms with E-state index in [4.69, 9.17) is 23.9 Å². The van der Waals surface area contributed by atoms with Crippen LogP contribution in [0.2, 0.25) is 0 Å². The lowest BCUT2D eigenvalue weighted by atomic mass is 10.2. The maximum atomic E-state index is 12.2. The Hall–Kier alpha value is -4.45. The minimum Gasteiger partial charge on any atom is -0.484 e. The molecule has 9 heteroatoms. The summed E-state index contributed by atoms with van der Waals surface area (Å²) in [6.07, 6.45) is 0. The molecule has 0 saturated heterocycles. The lowest BCUT2D eigenvalue weighted by molar-refractivity contribution is 0.0828. The lowest BCUT2D eigenvalue weighted by Crippen LogP contribution is -2.41. The van der Waals surface area contributed by atoms with Gasteiger partial charge >= 0.3 is 5.91 Å². The third-order valence-corrected chi connectivity index (χ3v) is 4.19. The summed E-state index contributed by atoms with van der Waals surface area (Å²) < 4.78 is 21.4.